The molecule has 2 aromatic carbocycles. The summed E-state index contributed by atoms with van der Waals surface area (Å²) in [5.41, 5.74) is 4.46. The van der Waals surface area contributed by atoms with Crippen LogP contribution in [-0.2, 0) is 22.6 Å². The summed E-state index contributed by atoms with van der Waals surface area (Å²) in [7, 11) is 1.92. The number of aromatic nitrogens is 1. The Kier molecular flexibility index (Phi) is 9.22. The predicted octanol–water partition coefficient (Wildman–Crippen LogP) is 4.43. The monoisotopic (exact) mass is 465 g/mol. The number of hydrogen-bond donors (Lipinski definition) is 3. The molecule has 1 fully saturated rings. The minimum atomic E-state index is -1.26. The van der Waals surface area contributed by atoms with E-state index in [-0.39, 0.29) is 0 Å². The fraction of sp³-hybridized carbons (Fsp3) is 0.346. The van der Waals surface area contributed by atoms with Gasteiger partial charge in [0.25, 0.3) is 0 Å². The lowest BCUT2D eigenvalue weighted by molar-refractivity contribution is -0.134. The number of carbonyl (C=O) groups is 2. The summed E-state index contributed by atoms with van der Waals surface area (Å²) in [5.74, 6) is -1.72. The topological polar surface area (TPSA) is 116 Å². The van der Waals surface area contributed by atoms with Crippen LogP contribution in [0.3, 0.4) is 0 Å². The quantitative estimate of drug-likeness (QED) is 0.419. The number of carboxylic acid groups (broad SMARTS) is 2. The fourth-order valence-electron chi connectivity index (χ4n) is 4.08. The molecule has 0 radical (unpaired) electrons. The van der Waals surface area contributed by atoms with Gasteiger partial charge >= 0.3 is 11.9 Å². The molecule has 4 rings (SSSR count). The summed E-state index contributed by atoms with van der Waals surface area (Å²) in [4.78, 5) is 21.7. The van der Waals surface area contributed by atoms with Gasteiger partial charge in [-0.05, 0) is 62.4 Å². The molecule has 8 heteroatoms. The standard InChI is InChI=1S/C22H27N3O.C4H4O4/c1-23-19-8-9-20-21(24-26-22(20)15-19)10-7-17-11-13-25(14-12-17)16-18-5-3-2-4-6-18;5-3(6)1-2-4(7)8/h2-6,8-9,15,17,23H,7,10-14,16H2,1H3;1-2H,(H,5,6)(H,7,8)/b;2-1+. The van der Waals surface area contributed by atoms with Crippen LogP contribution in [0.4, 0.5) is 5.69 Å². The second-order valence-corrected chi connectivity index (χ2v) is 8.34. The molecule has 0 amide bonds. The lowest BCUT2D eigenvalue weighted by atomic mass is 9.91. The fourth-order valence-corrected chi connectivity index (χ4v) is 4.08. The first-order valence-corrected chi connectivity index (χ1v) is 11.4. The number of fused-ring (bicyclic) bond motifs is 1. The van der Waals surface area contributed by atoms with Gasteiger partial charge in [0.15, 0.2) is 5.58 Å². The van der Waals surface area contributed by atoms with Gasteiger partial charge in [0.05, 0.1) is 5.69 Å². The first-order chi connectivity index (χ1) is 16.4. The largest absolute Gasteiger partial charge is 0.478 e. The maximum Gasteiger partial charge on any atom is 0.328 e. The van der Waals surface area contributed by atoms with E-state index in [4.69, 9.17) is 14.7 Å². The van der Waals surface area contributed by atoms with Crippen LogP contribution in [0.2, 0.25) is 0 Å². The Balaban J connectivity index is 0.000000350. The molecule has 3 aromatic rings. The van der Waals surface area contributed by atoms with E-state index >= 15 is 0 Å². The van der Waals surface area contributed by atoms with Crippen LogP contribution < -0.4 is 5.32 Å². The highest BCUT2D eigenvalue weighted by Gasteiger charge is 2.20. The lowest BCUT2D eigenvalue weighted by Crippen LogP contribution is -2.33. The van der Waals surface area contributed by atoms with Crippen LogP contribution in [-0.4, -0.2) is 52.3 Å². The maximum atomic E-state index is 9.55. The molecular weight excluding hydrogens is 434 g/mol. The number of aryl methyl sites for hydroxylation is 1. The van der Waals surface area contributed by atoms with Gasteiger partial charge in [-0.2, -0.15) is 0 Å². The number of anilines is 1. The maximum absolute atomic E-state index is 9.55. The second-order valence-electron chi connectivity index (χ2n) is 8.34. The second kappa shape index (κ2) is 12.6. The molecule has 34 heavy (non-hydrogen) atoms. The van der Waals surface area contributed by atoms with Crippen LogP contribution in [0.1, 0.15) is 30.5 Å². The Hall–Kier alpha value is -3.65. The molecule has 0 saturated carbocycles. The Labute approximate surface area is 198 Å². The molecule has 1 aliphatic heterocycles. The first kappa shape index (κ1) is 25.0. The van der Waals surface area contributed by atoms with Crippen molar-refractivity contribution in [3.05, 3.63) is 71.9 Å². The van der Waals surface area contributed by atoms with Crippen molar-refractivity contribution in [2.75, 3.05) is 25.5 Å². The smallest absolute Gasteiger partial charge is 0.328 e. The van der Waals surface area contributed by atoms with Crippen molar-refractivity contribution in [2.24, 2.45) is 5.92 Å². The molecule has 180 valence electrons. The predicted molar refractivity (Wildman–Crippen MR) is 131 cm³/mol. The highest BCUT2D eigenvalue weighted by atomic mass is 16.5. The van der Waals surface area contributed by atoms with Gasteiger partial charge in [-0.25, -0.2) is 9.59 Å². The normalized spacial score (nSPS) is 14.6. The van der Waals surface area contributed by atoms with Gasteiger partial charge in [0.1, 0.15) is 0 Å². The Morgan fingerprint density at radius 1 is 1.09 bits per heavy atom. The molecule has 2 heterocycles. The number of likely N-dealkylation sites (tertiary alicyclic amines) is 1. The SMILES string of the molecule is CNc1ccc2c(CCC3CCN(Cc4ccccc4)CC3)noc2c1.O=C(O)/C=C/C(=O)O. The number of aliphatic carboxylic acids is 2. The van der Waals surface area contributed by atoms with Crippen LogP contribution >= 0.6 is 0 Å². The van der Waals surface area contributed by atoms with E-state index in [0.29, 0.717) is 12.2 Å². The van der Waals surface area contributed by atoms with Crippen LogP contribution in [0.25, 0.3) is 11.0 Å². The molecule has 1 aliphatic rings. The van der Waals surface area contributed by atoms with Crippen LogP contribution in [0.15, 0.2) is 65.2 Å². The molecule has 3 N–H and O–H groups in total. The van der Waals surface area contributed by atoms with Crippen molar-refractivity contribution in [3.8, 4) is 0 Å². The highest BCUT2D eigenvalue weighted by Crippen LogP contribution is 2.27. The molecule has 0 bridgehead atoms. The average molecular weight is 466 g/mol. The number of carboxylic acids is 2. The summed E-state index contributed by atoms with van der Waals surface area (Å²) in [6.07, 6.45) is 5.90. The number of nitrogens with zero attached hydrogens (tertiary/aromatic N) is 2. The van der Waals surface area contributed by atoms with Gasteiger partial charge < -0.3 is 20.1 Å². The van der Waals surface area contributed by atoms with E-state index < -0.39 is 11.9 Å². The van der Waals surface area contributed by atoms with E-state index in [9.17, 15) is 9.59 Å². The lowest BCUT2D eigenvalue weighted by Gasteiger charge is -2.31. The summed E-state index contributed by atoms with van der Waals surface area (Å²) in [5, 5.41) is 24.2. The summed E-state index contributed by atoms with van der Waals surface area (Å²) in [6.45, 7) is 3.48. The van der Waals surface area contributed by atoms with Crippen molar-refractivity contribution in [3.63, 3.8) is 0 Å². The third-order valence-electron chi connectivity index (χ3n) is 5.95. The van der Waals surface area contributed by atoms with Gasteiger partial charge in [-0.3, -0.25) is 4.90 Å². The number of nitrogens with one attached hydrogen (secondary N) is 1. The zero-order chi connectivity index (χ0) is 24.3. The number of piperidine rings is 1. The third kappa shape index (κ3) is 7.74. The van der Waals surface area contributed by atoms with Gasteiger partial charge in [-0.1, -0.05) is 35.5 Å². The van der Waals surface area contributed by atoms with E-state index in [0.717, 1.165) is 41.2 Å². The van der Waals surface area contributed by atoms with Crippen molar-refractivity contribution in [2.45, 2.75) is 32.2 Å². The molecular formula is C26H31N3O5. The van der Waals surface area contributed by atoms with E-state index in [1.807, 2.05) is 13.1 Å². The number of benzene rings is 2. The molecule has 1 aromatic heterocycles. The zero-order valence-electron chi connectivity index (χ0n) is 19.3. The van der Waals surface area contributed by atoms with Gasteiger partial charge in [0.2, 0.25) is 0 Å². The van der Waals surface area contributed by atoms with E-state index in [1.165, 1.54) is 37.9 Å². The summed E-state index contributed by atoms with van der Waals surface area (Å²) in [6, 6.07) is 17.0. The Morgan fingerprint density at radius 2 is 1.76 bits per heavy atom. The summed E-state index contributed by atoms with van der Waals surface area (Å²) >= 11 is 0. The highest BCUT2D eigenvalue weighted by molar-refractivity contribution is 5.89. The van der Waals surface area contributed by atoms with E-state index in [1.54, 1.807) is 0 Å². The first-order valence-electron chi connectivity index (χ1n) is 11.4. The zero-order valence-corrected chi connectivity index (χ0v) is 19.3. The minimum absolute atomic E-state index is 0.558. The Bertz CT molecular complexity index is 1090. The van der Waals surface area contributed by atoms with Gasteiger partial charge in [0, 0.05) is 42.9 Å². The molecule has 0 spiro atoms. The molecule has 8 nitrogen and oxygen atoms in total. The number of rotatable bonds is 8. The Morgan fingerprint density at radius 3 is 2.38 bits per heavy atom. The summed E-state index contributed by atoms with van der Waals surface area (Å²) < 4.78 is 5.52. The molecule has 0 unspecified atom stereocenters. The average Bonchev–Trinajstić information content (AvgIpc) is 3.25. The molecule has 1 saturated heterocycles. The van der Waals surface area contributed by atoms with Crippen molar-refractivity contribution >= 4 is 28.6 Å². The van der Waals surface area contributed by atoms with Crippen molar-refractivity contribution in [1.29, 1.82) is 0 Å². The van der Waals surface area contributed by atoms with Crippen LogP contribution in [0, 0.1) is 5.92 Å². The van der Waals surface area contributed by atoms with E-state index in [2.05, 4.69) is 57.8 Å². The third-order valence-corrected chi connectivity index (χ3v) is 5.95. The van der Waals surface area contributed by atoms with Crippen molar-refractivity contribution < 1.29 is 24.3 Å². The van der Waals surface area contributed by atoms with Crippen LogP contribution in [0.5, 0.6) is 0 Å². The van der Waals surface area contributed by atoms with Crippen molar-refractivity contribution in [1.82, 2.24) is 10.1 Å². The molecule has 0 aliphatic carbocycles. The molecule has 0 atom stereocenters. The number of hydrogen-bond acceptors (Lipinski definition) is 6. The minimum Gasteiger partial charge on any atom is -0.478 e. The van der Waals surface area contributed by atoms with Gasteiger partial charge in [-0.15, -0.1) is 0 Å².